The van der Waals surface area contributed by atoms with Gasteiger partial charge >= 0.3 is 0 Å². The van der Waals surface area contributed by atoms with Crippen molar-refractivity contribution in [3.8, 4) is 0 Å². The molecule has 2 heterocycles. The predicted molar refractivity (Wildman–Crippen MR) is 71.5 cm³/mol. The van der Waals surface area contributed by atoms with Gasteiger partial charge in [0.05, 0.1) is 11.4 Å². The minimum atomic E-state index is -1.47. The lowest BCUT2D eigenvalue weighted by Crippen LogP contribution is -2.33. The van der Waals surface area contributed by atoms with Crippen molar-refractivity contribution in [1.82, 2.24) is 4.98 Å². The maximum Gasteiger partial charge on any atom is 0.235 e. The maximum absolute atomic E-state index is 10.7. The van der Waals surface area contributed by atoms with E-state index in [1.54, 1.807) is 13.1 Å². The summed E-state index contributed by atoms with van der Waals surface area (Å²) in [5, 5.41) is 10.7. The van der Waals surface area contributed by atoms with E-state index in [0.717, 1.165) is 0 Å². The average Bonchev–Trinajstić information content (AvgIpc) is 2.78. The van der Waals surface area contributed by atoms with Gasteiger partial charge in [0.1, 0.15) is 0 Å². The van der Waals surface area contributed by atoms with E-state index in [2.05, 4.69) is 9.98 Å². The van der Waals surface area contributed by atoms with Gasteiger partial charge in [0.2, 0.25) is 5.79 Å². The molecule has 96 valence electrons. The number of aliphatic imine (C=N–C) groups is 1. The van der Waals surface area contributed by atoms with Crippen molar-refractivity contribution in [1.29, 1.82) is 0 Å². The molecule has 1 aromatic heterocycles. The van der Waals surface area contributed by atoms with Gasteiger partial charge in [-0.05, 0) is 19.1 Å². The van der Waals surface area contributed by atoms with E-state index in [0.29, 0.717) is 17.0 Å². The van der Waals surface area contributed by atoms with Crippen LogP contribution in [0.4, 0.5) is 0 Å². The summed E-state index contributed by atoms with van der Waals surface area (Å²) in [6.07, 6.45) is 1.12. The molecule has 3 rings (SSSR count). The quantitative estimate of drug-likeness (QED) is 0.895. The highest BCUT2D eigenvalue weighted by atomic mass is 16.6. The van der Waals surface area contributed by atoms with Crippen molar-refractivity contribution < 1.29 is 9.84 Å². The third-order valence-corrected chi connectivity index (χ3v) is 3.19. The monoisotopic (exact) mass is 254 g/mol. The lowest BCUT2D eigenvalue weighted by molar-refractivity contribution is -0.173. The average molecular weight is 254 g/mol. The number of aromatic nitrogens is 1. The Morgan fingerprint density at radius 2 is 1.84 bits per heavy atom. The smallest absolute Gasteiger partial charge is 0.235 e. The van der Waals surface area contributed by atoms with Gasteiger partial charge in [-0.1, -0.05) is 36.4 Å². The van der Waals surface area contributed by atoms with E-state index in [1.807, 2.05) is 48.5 Å². The molecular formula is C15H14N2O2. The molecule has 4 nitrogen and oxygen atoms in total. The number of rotatable bonds is 2. The number of aliphatic hydroxyl groups is 1. The molecule has 0 saturated carbocycles. The van der Waals surface area contributed by atoms with Crippen molar-refractivity contribution >= 4 is 5.71 Å². The normalized spacial score (nSPS) is 26.2. The largest absolute Gasteiger partial charge is 0.357 e. The van der Waals surface area contributed by atoms with Crippen LogP contribution >= 0.6 is 0 Å². The Balaban J connectivity index is 1.94. The summed E-state index contributed by atoms with van der Waals surface area (Å²) in [6, 6.07) is 14.8. The molecule has 0 amide bonds. The van der Waals surface area contributed by atoms with Crippen LogP contribution in [0.25, 0.3) is 0 Å². The summed E-state index contributed by atoms with van der Waals surface area (Å²) in [5.74, 6) is -1.47. The number of benzene rings is 1. The van der Waals surface area contributed by atoms with Gasteiger partial charge in [-0.15, -0.1) is 0 Å². The molecule has 1 N–H and O–H groups in total. The molecule has 2 atom stereocenters. The Morgan fingerprint density at radius 1 is 1.11 bits per heavy atom. The fourth-order valence-corrected chi connectivity index (χ4v) is 2.13. The third kappa shape index (κ3) is 2.05. The number of ether oxygens (including phenoxy) is 1. The Labute approximate surface area is 111 Å². The van der Waals surface area contributed by atoms with Crippen LogP contribution < -0.4 is 0 Å². The molecule has 0 aliphatic carbocycles. The summed E-state index contributed by atoms with van der Waals surface area (Å²) < 4.78 is 5.72. The SMILES string of the molecule is CC1=N[C@@H](c2ccccn2)O[C@]1(O)c1ccccc1. The second-order valence-electron chi connectivity index (χ2n) is 4.45. The summed E-state index contributed by atoms with van der Waals surface area (Å²) in [4.78, 5) is 8.58. The predicted octanol–water partition coefficient (Wildman–Crippen LogP) is 2.42. The zero-order chi connectivity index (χ0) is 13.3. The van der Waals surface area contributed by atoms with Crippen LogP contribution in [0.1, 0.15) is 24.4 Å². The fourth-order valence-electron chi connectivity index (χ4n) is 2.13. The molecule has 0 spiro atoms. The summed E-state index contributed by atoms with van der Waals surface area (Å²) in [7, 11) is 0. The first-order valence-corrected chi connectivity index (χ1v) is 6.12. The molecule has 1 aliphatic heterocycles. The van der Waals surface area contributed by atoms with Gasteiger partial charge in [-0.25, -0.2) is 0 Å². The van der Waals surface area contributed by atoms with Crippen LogP contribution in [-0.2, 0) is 10.5 Å². The van der Waals surface area contributed by atoms with E-state index in [-0.39, 0.29) is 0 Å². The molecule has 0 bridgehead atoms. The van der Waals surface area contributed by atoms with Crippen LogP contribution in [0, 0.1) is 0 Å². The van der Waals surface area contributed by atoms with Gasteiger partial charge in [0.25, 0.3) is 0 Å². The van der Waals surface area contributed by atoms with Crippen molar-refractivity contribution in [2.75, 3.05) is 0 Å². The molecule has 0 unspecified atom stereocenters. The Hall–Kier alpha value is -2.04. The molecule has 0 saturated heterocycles. The second-order valence-corrected chi connectivity index (χ2v) is 4.45. The zero-order valence-electron chi connectivity index (χ0n) is 10.5. The maximum atomic E-state index is 10.7. The topological polar surface area (TPSA) is 54.7 Å². The lowest BCUT2D eigenvalue weighted by Gasteiger charge is -2.24. The minimum absolute atomic E-state index is 0.536. The first-order valence-electron chi connectivity index (χ1n) is 6.12. The van der Waals surface area contributed by atoms with E-state index >= 15 is 0 Å². The van der Waals surface area contributed by atoms with E-state index in [4.69, 9.17) is 4.74 Å². The second kappa shape index (κ2) is 4.57. The first kappa shape index (κ1) is 12.0. The molecule has 1 aliphatic rings. The molecule has 1 aromatic carbocycles. The molecule has 19 heavy (non-hydrogen) atoms. The van der Waals surface area contributed by atoms with Crippen molar-refractivity contribution in [3.63, 3.8) is 0 Å². The summed E-state index contributed by atoms with van der Waals surface area (Å²) in [6.45, 7) is 1.76. The fraction of sp³-hybridized carbons (Fsp3) is 0.200. The minimum Gasteiger partial charge on any atom is -0.357 e. The number of pyridine rings is 1. The van der Waals surface area contributed by atoms with E-state index in [9.17, 15) is 5.11 Å². The van der Waals surface area contributed by atoms with E-state index in [1.165, 1.54) is 0 Å². The van der Waals surface area contributed by atoms with Crippen molar-refractivity contribution in [3.05, 3.63) is 66.0 Å². The van der Waals surface area contributed by atoms with Gasteiger partial charge in [0, 0.05) is 11.8 Å². The number of hydrogen-bond acceptors (Lipinski definition) is 4. The summed E-state index contributed by atoms with van der Waals surface area (Å²) >= 11 is 0. The summed E-state index contributed by atoms with van der Waals surface area (Å²) in [5.41, 5.74) is 1.90. The molecule has 0 radical (unpaired) electrons. The number of nitrogens with zero attached hydrogens (tertiary/aromatic N) is 2. The van der Waals surface area contributed by atoms with Crippen LogP contribution in [0.5, 0.6) is 0 Å². The number of hydrogen-bond donors (Lipinski definition) is 1. The highest BCUT2D eigenvalue weighted by Gasteiger charge is 2.42. The van der Waals surface area contributed by atoms with Gasteiger partial charge in [0.15, 0.2) is 6.23 Å². The lowest BCUT2D eigenvalue weighted by atomic mass is 10.0. The Morgan fingerprint density at radius 3 is 2.53 bits per heavy atom. The molecule has 0 fully saturated rings. The Bertz CT molecular complexity index is 598. The van der Waals surface area contributed by atoms with Crippen LogP contribution in [0.15, 0.2) is 59.7 Å². The van der Waals surface area contributed by atoms with Gasteiger partial charge < -0.3 is 9.84 Å². The van der Waals surface area contributed by atoms with E-state index < -0.39 is 12.0 Å². The van der Waals surface area contributed by atoms with Gasteiger partial charge in [-0.2, -0.15) is 0 Å². The molecular weight excluding hydrogens is 240 g/mol. The van der Waals surface area contributed by atoms with Crippen LogP contribution in [0.2, 0.25) is 0 Å². The Kier molecular flexibility index (Phi) is 2.89. The highest BCUT2D eigenvalue weighted by molar-refractivity contribution is 5.91. The van der Waals surface area contributed by atoms with Crippen LogP contribution in [-0.4, -0.2) is 15.8 Å². The highest BCUT2D eigenvalue weighted by Crippen LogP contribution is 2.37. The molecule has 2 aromatic rings. The zero-order valence-corrected chi connectivity index (χ0v) is 10.5. The third-order valence-electron chi connectivity index (χ3n) is 3.19. The van der Waals surface area contributed by atoms with Crippen LogP contribution in [0.3, 0.4) is 0 Å². The van der Waals surface area contributed by atoms with Gasteiger partial charge in [-0.3, -0.25) is 9.98 Å². The van der Waals surface area contributed by atoms with Crippen molar-refractivity contribution in [2.45, 2.75) is 18.9 Å². The molecule has 4 heteroatoms. The first-order chi connectivity index (χ1) is 9.20. The van der Waals surface area contributed by atoms with Crippen molar-refractivity contribution in [2.24, 2.45) is 4.99 Å². The standard InChI is InChI=1S/C15H14N2O2/c1-11-15(18,12-7-3-2-4-8-12)19-14(17-11)13-9-5-6-10-16-13/h2-10,14,18H,1H3/t14-,15+/m1/s1.